The van der Waals surface area contributed by atoms with Gasteiger partial charge in [0, 0.05) is 11.8 Å². The van der Waals surface area contributed by atoms with Gasteiger partial charge in [0.15, 0.2) is 0 Å². The Bertz CT molecular complexity index is 552. The van der Waals surface area contributed by atoms with Crippen molar-refractivity contribution in [1.29, 1.82) is 0 Å². The Morgan fingerprint density at radius 3 is 2.67 bits per heavy atom. The van der Waals surface area contributed by atoms with Crippen molar-refractivity contribution in [1.82, 2.24) is 15.3 Å². The Balaban J connectivity index is 2.45. The van der Waals surface area contributed by atoms with Crippen LogP contribution >= 0.6 is 0 Å². The van der Waals surface area contributed by atoms with Crippen molar-refractivity contribution >= 4 is 0 Å². The molecule has 0 aliphatic carbocycles. The highest BCUT2D eigenvalue weighted by Gasteiger charge is 2.21. The van der Waals surface area contributed by atoms with Gasteiger partial charge >= 0.3 is 0 Å². The number of hydrogen-bond donors (Lipinski definition) is 1. The van der Waals surface area contributed by atoms with Gasteiger partial charge in [0.05, 0.1) is 11.2 Å². The van der Waals surface area contributed by atoms with Crippen molar-refractivity contribution in [2.75, 3.05) is 7.05 Å². The fourth-order valence-corrected chi connectivity index (χ4v) is 1.58. The van der Waals surface area contributed by atoms with E-state index in [-0.39, 0.29) is 11.4 Å². The zero-order valence-electron chi connectivity index (χ0n) is 10.7. The van der Waals surface area contributed by atoms with Crippen LogP contribution in [-0.2, 0) is 5.54 Å². The lowest BCUT2D eigenvalue weighted by molar-refractivity contribution is 0.417. The van der Waals surface area contributed by atoms with E-state index in [0.29, 0.717) is 5.82 Å². The van der Waals surface area contributed by atoms with Crippen LogP contribution in [0.3, 0.4) is 0 Å². The van der Waals surface area contributed by atoms with Crippen molar-refractivity contribution in [3.8, 4) is 11.3 Å². The lowest BCUT2D eigenvalue weighted by Crippen LogP contribution is -2.35. The third-order valence-electron chi connectivity index (χ3n) is 2.96. The van der Waals surface area contributed by atoms with Gasteiger partial charge in [-0.05, 0) is 39.1 Å². The maximum Gasteiger partial charge on any atom is 0.148 e. The van der Waals surface area contributed by atoms with Gasteiger partial charge < -0.3 is 5.32 Å². The van der Waals surface area contributed by atoms with Crippen LogP contribution in [0.2, 0.25) is 0 Å². The molecule has 1 N–H and O–H groups in total. The molecule has 0 saturated heterocycles. The number of hydrogen-bond acceptors (Lipinski definition) is 3. The van der Waals surface area contributed by atoms with Gasteiger partial charge in [0.25, 0.3) is 0 Å². The van der Waals surface area contributed by atoms with Crippen LogP contribution in [-0.4, -0.2) is 17.0 Å². The van der Waals surface area contributed by atoms with Crippen LogP contribution in [0.4, 0.5) is 4.39 Å². The molecule has 0 aliphatic heterocycles. The molecule has 1 heterocycles. The Hall–Kier alpha value is -1.81. The van der Waals surface area contributed by atoms with E-state index in [1.54, 1.807) is 18.3 Å². The highest BCUT2D eigenvalue weighted by atomic mass is 19.1. The molecule has 0 atom stereocenters. The zero-order chi connectivity index (χ0) is 13.2. The van der Waals surface area contributed by atoms with Gasteiger partial charge in [-0.3, -0.25) is 0 Å². The number of nitrogens with one attached hydrogen (secondary N) is 1. The van der Waals surface area contributed by atoms with E-state index in [2.05, 4.69) is 15.3 Å². The van der Waals surface area contributed by atoms with E-state index in [0.717, 1.165) is 11.3 Å². The van der Waals surface area contributed by atoms with Gasteiger partial charge in [-0.2, -0.15) is 0 Å². The smallest absolute Gasteiger partial charge is 0.148 e. The summed E-state index contributed by atoms with van der Waals surface area (Å²) >= 11 is 0. The summed E-state index contributed by atoms with van der Waals surface area (Å²) in [6, 6.07) is 8.18. The van der Waals surface area contributed by atoms with Gasteiger partial charge in [0.1, 0.15) is 11.6 Å². The second-order valence-corrected chi connectivity index (χ2v) is 4.65. The predicted molar refractivity (Wildman–Crippen MR) is 69.5 cm³/mol. The Morgan fingerprint density at radius 2 is 2.00 bits per heavy atom. The predicted octanol–water partition coefficient (Wildman–Crippen LogP) is 2.74. The van der Waals surface area contributed by atoms with Gasteiger partial charge in [-0.1, -0.05) is 12.1 Å². The Labute approximate surface area is 106 Å². The molecule has 0 amide bonds. The van der Waals surface area contributed by atoms with Crippen LogP contribution < -0.4 is 5.32 Å². The second-order valence-electron chi connectivity index (χ2n) is 4.65. The molecule has 1 aromatic carbocycles. The average molecular weight is 245 g/mol. The number of halogens is 1. The average Bonchev–Trinajstić information content (AvgIpc) is 2.39. The summed E-state index contributed by atoms with van der Waals surface area (Å²) in [6.07, 6.45) is 1.70. The minimum atomic E-state index is -0.316. The number of benzene rings is 1. The summed E-state index contributed by atoms with van der Waals surface area (Å²) in [5.41, 5.74) is 1.16. The third-order valence-corrected chi connectivity index (χ3v) is 2.96. The first-order chi connectivity index (χ1) is 8.53. The first-order valence-corrected chi connectivity index (χ1v) is 5.81. The van der Waals surface area contributed by atoms with Crippen molar-refractivity contribution in [2.24, 2.45) is 0 Å². The minimum absolute atomic E-state index is 0.263. The largest absolute Gasteiger partial charge is 0.308 e. The summed E-state index contributed by atoms with van der Waals surface area (Å²) < 4.78 is 13.2. The second kappa shape index (κ2) is 4.82. The first-order valence-electron chi connectivity index (χ1n) is 5.81. The standard InChI is InChI=1S/C14H16FN3/c1-14(2,16-3)13-17-8-7-12(18-13)10-5-4-6-11(15)9-10/h4-9,16H,1-3H3. The summed E-state index contributed by atoms with van der Waals surface area (Å²) in [5, 5.41) is 3.15. The van der Waals surface area contributed by atoms with Crippen molar-refractivity contribution in [2.45, 2.75) is 19.4 Å². The molecule has 0 aliphatic rings. The number of nitrogens with zero attached hydrogens (tertiary/aromatic N) is 2. The fourth-order valence-electron chi connectivity index (χ4n) is 1.58. The van der Waals surface area contributed by atoms with Crippen molar-refractivity contribution < 1.29 is 4.39 Å². The molecule has 0 radical (unpaired) electrons. The molecule has 2 aromatic rings. The molecule has 0 spiro atoms. The number of rotatable bonds is 3. The summed E-state index contributed by atoms with van der Waals surface area (Å²) in [6.45, 7) is 4.00. The minimum Gasteiger partial charge on any atom is -0.308 e. The maximum atomic E-state index is 13.2. The van der Waals surface area contributed by atoms with E-state index in [1.165, 1.54) is 12.1 Å². The van der Waals surface area contributed by atoms with Crippen LogP contribution in [0.25, 0.3) is 11.3 Å². The maximum absolute atomic E-state index is 13.2. The van der Waals surface area contributed by atoms with E-state index >= 15 is 0 Å². The normalized spacial score (nSPS) is 11.6. The number of aromatic nitrogens is 2. The van der Waals surface area contributed by atoms with Crippen LogP contribution in [0.5, 0.6) is 0 Å². The molecule has 18 heavy (non-hydrogen) atoms. The Kier molecular flexibility index (Phi) is 3.39. The molecule has 0 fully saturated rings. The molecule has 4 heteroatoms. The lowest BCUT2D eigenvalue weighted by Gasteiger charge is -2.22. The van der Waals surface area contributed by atoms with Crippen molar-refractivity contribution in [3.63, 3.8) is 0 Å². The van der Waals surface area contributed by atoms with Crippen LogP contribution in [0.1, 0.15) is 19.7 Å². The topological polar surface area (TPSA) is 37.8 Å². The van der Waals surface area contributed by atoms with E-state index < -0.39 is 0 Å². The van der Waals surface area contributed by atoms with Crippen LogP contribution in [0.15, 0.2) is 36.5 Å². The van der Waals surface area contributed by atoms with Gasteiger partial charge in [-0.15, -0.1) is 0 Å². The molecule has 0 unspecified atom stereocenters. The first kappa shape index (κ1) is 12.6. The monoisotopic (exact) mass is 245 g/mol. The van der Waals surface area contributed by atoms with E-state index in [1.807, 2.05) is 27.0 Å². The highest BCUT2D eigenvalue weighted by Crippen LogP contribution is 2.21. The quantitative estimate of drug-likeness (QED) is 0.903. The van der Waals surface area contributed by atoms with Gasteiger partial charge in [0.2, 0.25) is 0 Å². The molecular formula is C14H16FN3. The molecule has 1 aromatic heterocycles. The fraction of sp³-hybridized carbons (Fsp3) is 0.286. The Morgan fingerprint density at radius 1 is 1.22 bits per heavy atom. The van der Waals surface area contributed by atoms with E-state index in [9.17, 15) is 4.39 Å². The van der Waals surface area contributed by atoms with E-state index in [4.69, 9.17) is 0 Å². The van der Waals surface area contributed by atoms with Crippen LogP contribution in [0, 0.1) is 5.82 Å². The summed E-state index contributed by atoms with van der Waals surface area (Å²) in [4.78, 5) is 8.75. The molecule has 3 nitrogen and oxygen atoms in total. The molecule has 2 rings (SSSR count). The SMILES string of the molecule is CNC(C)(C)c1nccc(-c2cccc(F)c2)n1. The van der Waals surface area contributed by atoms with Crippen molar-refractivity contribution in [3.05, 3.63) is 48.2 Å². The highest BCUT2D eigenvalue weighted by molar-refractivity contribution is 5.58. The molecule has 0 bridgehead atoms. The third kappa shape index (κ3) is 2.54. The zero-order valence-corrected chi connectivity index (χ0v) is 10.7. The molecule has 94 valence electrons. The summed E-state index contributed by atoms with van der Waals surface area (Å²) in [5.74, 6) is 0.423. The van der Waals surface area contributed by atoms with Gasteiger partial charge in [-0.25, -0.2) is 14.4 Å². The summed E-state index contributed by atoms with van der Waals surface area (Å²) in [7, 11) is 1.86. The molecular weight excluding hydrogens is 229 g/mol. The lowest BCUT2D eigenvalue weighted by atomic mass is 10.0. The molecule has 0 saturated carbocycles.